The summed E-state index contributed by atoms with van der Waals surface area (Å²) in [5.74, 6) is 0. The fraction of sp³-hybridized carbons (Fsp3) is 0.545. The van der Waals surface area contributed by atoms with Gasteiger partial charge in [-0.2, -0.15) is 0 Å². The van der Waals surface area contributed by atoms with Crippen molar-refractivity contribution >= 4 is 48.3 Å². The number of nitrogens with zero attached hydrogens (tertiary/aromatic N) is 2. The van der Waals surface area contributed by atoms with Crippen molar-refractivity contribution in [3.63, 3.8) is 0 Å². The van der Waals surface area contributed by atoms with Gasteiger partial charge in [-0.05, 0) is 27.7 Å². The first-order valence-electron chi connectivity index (χ1n) is 5.23. The number of hydrogen-bond acceptors (Lipinski definition) is 3. The summed E-state index contributed by atoms with van der Waals surface area (Å²) in [6.07, 6.45) is 1.34. The minimum Gasteiger partial charge on any atom is -0.449 e. The molecule has 0 aromatic carbocycles. The van der Waals surface area contributed by atoms with Crippen LogP contribution in [0.2, 0.25) is 0 Å². The van der Waals surface area contributed by atoms with E-state index in [1.54, 1.807) is 18.0 Å². The predicted octanol–water partition coefficient (Wildman–Crippen LogP) is 3.47. The summed E-state index contributed by atoms with van der Waals surface area (Å²) in [6.45, 7) is 8.06. The maximum atomic E-state index is 12.0. The maximum Gasteiger partial charge on any atom is 0.415 e. The van der Waals surface area contributed by atoms with Gasteiger partial charge in [0.1, 0.15) is 5.16 Å². The molecule has 0 bridgehead atoms. The lowest BCUT2D eigenvalue weighted by Crippen LogP contribution is -2.49. The molecule has 0 aromatic heterocycles. The summed E-state index contributed by atoms with van der Waals surface area (Å²) in [6, 6.07) is 0. The van der Waals surface area contributed by atoms with E-state index in [1.165, 1.54) is 0 Å². The molecule has 0 radical (unpaired) electrons. The molecule has 17 heavy (non-hydrogen) atoms. The molecule has 1 heterocycles. The Morgan fingerprint density at radius 3 is 2.65 bits per heavy atom. The van der Waals surface area contributed by atoms with Gasteiger partial charge in [-0.15, -0.1) is 0 Å². The maximum absolute atomic E-state index is 12.0. The molecule has 96 valence electrons. The minimum absolute atomic E-state index is 0.326. The Balaban J connectivity index is 3.01. The Hall–Kier alpha value is -0.430. The predicted molar refractivity (Wildman–Crippen MR) is 80.1 cm³/mol. The molecule has 0 unspecified atom stereocenters. The van der Waals surface area contributed by atoms with Crippen LogP contribution in [-0.2, 0) is 4.74 Å². The van der Waals surface area contributed by atoms with Crippen molar-refractivity contribution in [1.82, 2.24) is 4.90 Å². The van der Waals surface area contributed by atoms with Crippen LogP contribution in [0.15, 0.2) is 14.2 Å². The average Bonchev–Trinajstić information content (AvgIpc) is 2.19. The van der Waals surface area contributed by atoms with E-state index in [0.717, 1.165) is 3.63 Å². The Labute approximate surface area is 116 Å². The molecule has 0 spiro atoms. The summed E-state index contributed by atoms with van der Waals surface area (Å²) in [5.41, 5.74) is -0.328. The van der Waals surface area contributed by atoms with Crippen LogP contribution in [0.3, 0.4) is 0 Å². The van der Waals surface area contributed by atoms with Crippen LogP contribution in [-0.4, -0.2) is 33.0 Å². The van der Waals surface area contributed by atoms with E-state index in [-0.39, 0.29) is 11.6 Å². The monoisotopic (exact) mass is 370 g/mol. The van der Waals surface area contributed by atoms with Gasteiger partial charge in [0.15, 0.2) is 0 Å². The molecule has 0 atom stereocenters. The zero-order valence-corrected chi connectivity index (χ0v) is 13.2. The second-order valence-electron chi connectivity index (χ2n) is 4.33. The largest absolute Gasteiger partial charge is 0.449 e. The van der Waals surface area contributed by atoms with E-state index < -0.39 is 20.7 Å². The van der Waals surface area contributed by atoms with E-state index in [2.05, 4.69) is 4.99 Å². The first-order chi connectivity index (χ1) is 7.86. The molecule has 0 aromatic rings. The van der Waals surface area contributed by atoms with Crippen molar-refractivity contribution in [2.75, 3.05) is 6.61 Å². The Morgan fingerprint density at radius 1 is 1.59 bits per heavy atom. The third kappa shape index (κ3) is 4.06. The first-order valence-corrected chi connectivity index (χ1v) is 7.93. The second kappa shape index (κ2) is 5.95. The molecule has 0 fully saturated rings. The van der Waals surface area contributed by atoms with E-state index in [1.807, 2.05) is 24.9 Å². The molecule has 0 N–H and O–H groups in total. The molecule has 1 aliphatic heterocycles. The van der Waals surface area contributed by atoms with E-state index in [9.17, 15) is 4.79 Å². The lowest BCUT2D eigenvalue weighted by molar-refractivity contribution is 0.106. The topological polar surface area (TPSA) is 41.9 Å². The Bertz CT molecular complexity index is 397. The van der Waals surface area contributed by atoms with Gasteiger partial charge in [0.05, 0.1) is 16.5 Å². The third-order valence-corrected chi connectivity index (χ3v) is 4.76. The molecular weight excluding hydrogens is 354 g/mol. The highest BCUT2D eigenvalue weighted by atomic mass is 127. The van der Waals surface area contributed by atoms with Crippen LogP contribution >= 0.6 is 32.3 Å². The highest BCUT2D eigenvalue weighted by molar-refractivity contribution is 14.2. The van der Waals surface area contributed by atoms with Crippen LogP contribution in [0.1, 0.15) is 27.7 Å². The number of carbonyl (C=O) groups excluding carboxylic acids is 1. The fourth-order valence-electron chi connectivity index (χ4n) is 1.25. The summed E-state index contributed by atoms with van der Waals surface area (Å²) in [4.78, 5) is 17.6. The quantitative estimate of drug-likeness (QED) is 0.552. The molecule has 0 saturated heterocycles. The van der Waals surface area contributed by atoms with Gasteiger partial charge in [0.2, 0.25) is 0 Å². The lowest BCUT2D eigenvalue weighted by atomic mass is 10.1. The van der Waals surface area contributed by atoms with E-state index >= 15 is 0 Å². The molecule has 6 heteroatoms. The normalized spacial score (nSPS) is 15.6. The number of ether oxygens (including phenoxy) is 1. The van der Waals surface area contributed by atoms with Gasteiger partial charge in [0.25, 0.3) is 0 Å². The molecule has 0 aliphatic carbocycles. The van der Waals surface area contributed by atoms with Crippen LogP contribution < -0.4 is 0 Å². The number of aliphatic imine (C=N–C) groups is 1. The number of halogens is 2. The zero-order chi connectivity index (χ0) is 13.1. The van der Waals surface area contributed by atoms with E-state index in [0.29, 0.717) is 11.8 Å². The number of rotatable bonds is 2. The Kier molecular flexibility index (Phi) is 5.12. The van der Waals surface area contributed by atoms with Gasteiger partial charge < -0.3 is 4.74 Å². The SMILES string of the molecule is CCOC(=O)N(C1=IC=C(Cl)N=C1)C(C)(C)C. The van der Waals surface area contributed by atoms with Gasteiger partial charge >= 0.3 is 6.09 Å². The zero-order valence-electron chi connectivity index (χ0n) is 10.3. The molecule has 1 amide bonds. The van der Waals surface area contributed by atoms with Crippen molar-refractivity contribution in [3.05, 3.63) is 9.24 Å². The van der Waals surface area contributed by atoms with Crippen molar-refractivity contribution in [3.8, 4) is 0 Å². The first kappa shape index (κ1) is 14.6. The smallest absolute Gasteiger partial charge is 0.415 e. The summed E-state index contributed by atoms with van der Waals surface area (Å²) < 4.78 is 7.86. The summed E-state index contributed by atoms with van der Waals surface area (Å²) >= 11 is 5.34. The molecule has 0 saturated carbocycles. The average molecular weight is 371 g/mol. The summed E-state index contributed by atoms with van der Waals surface area (Å²) in [7, 11) is 0. The summed E-state index contributed by atoms with van der Waals surface area (Å²) in [5, 5.41) is 0.499. The standard InChI is InChI=1S/C11H16ClIN2O2/c1-5-17-10(16)15(11(2,3)4)9-7-14-8(12)6-13-9/h6-7H,5H2,1-4H3. The van der Waals surface area contributed by atoms with Crippen LogP contribution in [0, 0.1) is 0 Å². The number of carbonyl (C=O) groups is 1. The highest BCUT2D eigenvalue weighted by Crippen LogP contribution is 2.23. The van der Waals surface area contributed by atoms with Gasteiger partial charge in [-0.1, -0.05) is 32.3 Å². The molecule has 1 aliphatic rings. The fourth-order valence-corrected chi connectivity index (χ4v) is 3.81. The lowest BCUT2D eigenvalue weighted by Gasteiger charge is -2.34. The third-order valence-electron chi connectivity index (χ3n) is 1.89. The number of hydrogen-bond donors (Lipinski definition) is 0. The van der Waals surface area contributed by atoms with Crippen LogP contribution in [0.4, 0.5) is 4.79 Å². The molecular formula is C11H16ClIN2O2. The van der Waals surface area contributed by atoms with Crippen LogP contribution in [0.5, 0.6) is 0 Å². The van der Waals surface area contributed by atoms with E-state index in [4.69, 9.17) is 16.3 Å². The Morgan fingerprint density at radius 2 is 2.24 bits per heavy atom. The van der Waals surface area contributed by atoms with Gasteiger partial charge in [0, 0.05) is 9.62 Å². The van der Waals surface area contributed by atoms with Crippen molar-refractivity contribution in [2.45, 2.75) is 33.2 Å². The molecule has 4 nitrogen and oxygen atoms in total. The van der Waals surface area contributed by atoms with Crippen LogP contribution in [0.25, 0.3) is 0 Å². The van der Waals surface area contributed by atoms with Gasteiger partial charge in [-0.25, -0.2) is 9.79 Å². The minimum atomic E-state index is -0.444. The second-order valence-corrected chi connectivity index (χ2v) is 7.07. The van der Waals surface area contributed by atoms with Crippen molar-refractivity contribution < 1.29 is 9.53 Å². The van der Waals surface area contributed by atoms with Crippen molar-refractivity contribution in [2.24, 2.45) is 4.99 Å². The van der Waals surface area contributed by atoms with Crippen molar-refractivity contribution in [1.29, 1.82) is 0 Å². The highest BCUT2D eigenvalue weighted by Gasteiger charge is 2.31. The van der Waals surface area contributed by atoms with Gasteiger partial charge in [-0.3, -0.25) is 4.90 Å². The molecule has 1 rings (SSSR count). The number of amides is 1.